The Morgan fingerprint density at radius 3 is 2.52 bits per heavy atom. The number of nitrogens with zero attached hydrogens (tertiary/aromatic N) is 1. The summed E-state index contributed by atoms with van der Waals surface area (Å²) in [7, 11) is -2.27. The summed E-state index contributed by atoms with van der Waals surface area (Å²) >= 11 is 0. The van der Waals surface area contributed by atoms with Crippen LogP contribution in [0.3, 0.4) is 0 Å². The van der Waals surface area contributed by atoms with E-state index >= 15 is 0 Å². The van der Waals surface area contributed by atoms with Gasteiger partial charge in [0.15, 0.2) is 0 Å². The Morgan fingerprint density at radius 1 is 1.33 bits per heavy atom. The van der Waals surface area contributed by atoms with Crippen molar-refractivity contribution in [2.24, 2.45) is 5.92 Å². The van der Waals surface area contributed by atoms with E-state index in [9.17, 15) is 12.8 Å². The summed E-state index contributed by atoms with van der Waals surface area (Å²) < 4.78 is 40.0. The van der Waals surface area contributed by atoms with E-state index in [0.29, 0.717) is 19.0 Å². The molecule has 0 spiro atoms. The number of nitrogens with one attached hydrogen (secondary N) is 1. The van der Waals surface area contributed by atoms with Crippen LogP contribution in [0, 0.1) is 11.7 Å². The molecule has 0 amide bonds. The zero-order valence-corrected chi connectivity index (χ0v) is 14.0. The number of halogens is 1. The SMILES string of the molecule is CCNCc1ccc(S(=O)(=O)N(C)CCC(C)C)c(F)c1. The lowest BCUT2D eigenvalue weighted by Gasteiger charge is -2.19. The highest BCUT2D eigenvalue weighted by atomic mass is 32.2. The average molecular weight is 316 g/mol. The molecule has 0 aliphatic rings. The van der Waals surface area contributed by atoms with Crippen LogP contribution in [-0.2, 0) is 16.6 Å². The average Bonchev–Trinajstić information content (AvgIpc) is 2.42. The van der Waals surface area contributed by atoms with E-state index in [2.05, 4.69) is 5.32 Å². The highest BCUT2D eigenvalue weighted by molar-refractivity contribution is 7.89. The Morgan fingerprint density at radius 2 is 2.00 bits per heavy atom. The van der Waals surface area contributed by atoms with E-state index in [0.717, 1.165) is 18.5 Å². The van der Waals surface area contributed by atoms with Gasteiger partial charge in [0.2, 0.25) is 10.0 Å². The molecule has 0 radical (unpaired) electrons. The molecule has 0 aromatic heterocycles. The summed E-state index contributed by atoms with van der Waals surface area (Å²) in [6.45, 7) is 7.70. The van der Waals surface area contributed by atoms with Gasteiger partial charge in [-0.2, -0.15) is 0 Å². The highest BCUT2D eigenvalue weighted by Gasteiger charge is 2.24. The van der Waals surface area contributed by atoms with Crippen LogP contribution in [0.4, 0.5) is 4.39 Å². The fraction of sp³-hybridized carbons (Fsp3) is 0.600. The van der Waals surface area contributed by atoms with E-state index < -0.39 is 15.8 Å². The van der Waals surface area contributed by atoms with Crippen LogP contribution in [0.25, 0.3) is 0 Å². The molecule has 0 aliphatic heterocycles. The summed E-state index contributed by atoms with van der Waals surface area (Å²) in [6, 6.07) is 4.28. The monoisotopic (exact) mass is 316 g/mol. The van der Waals surface area contributed by atoms with Gasteiger partial charge in [0.1, 0.15) is 10.7 Å². The highest BCUT2D eigenvalue weighted by Crippen LogP contribution is 2.20. The minimum absolute atomic E-state index is 0.256. The molecule has 1 aromatic rings. The van der Waals surface area contributed by atoms with E-state index in [4.69, 9.17) is 0 Å². The zero-order valence-electron chi connectivity index (χ0n) is 13.2. The van der Waals surface area contributed by atoms with E-state index in [1.54, 1.807) is 6.07 Å². The quantitative estimate of drug-likeness (QED) is 0.802. The molecular formula is C15H25FN2O2S. The molecular weight excluding hydrogens is 291 g/mol. The normalized spacial score (nSPS) is 12.3. The second-order valence-electron chi connectivity index (χ2n) is 5.55. The summed E-state index contributed by atoms with van der Waals surface area (Å²) in [5.74, 6) is -0.295. The number of hydrogen-bond donors (Lipinski definition) is 1. The predicted octanol–water partition coefficient (Wildman–Crippen LogP) is 2.60. The van der Waals surface area contributed by atoms with Crippen LogP contribution in [0.2, 0.25) is 0 Å². The minimum atomic E-state index is -3.76. The summed E-state index contributed by atoms with van der Waals surface area (Å²) in [6.07, 6.45) is 0.746. The van der Waals surface area contributed by atoms with Gasteiger partial charge in [-0.15, -0.1) is 0 Å². The number of rotatable bonds is 8. The number of sulfonamides is 1. The van der Waals surface area contributed by atoms with Crippen molar-refractivity contribution < 1.29 is 12.8 Å². The molecule has 0 fully saturated rings. The van der Waals surface area contributed by atoms with Crippen LogP contribution < -0.4 is 5.32 Å². The molecule has 1 rings (SSSR count). The van der Waals surface area contributed by atoms with Crippen molar-refractivity contribution in [3.63, 3.8) is 0 Å². The lowest BCUT2D eigenvalue weighted by molar-refractivity contribution is 0.424. The Bertz CT molecular complexity index is 559. The van der Waals surface area contributed by atoms with E-state index in [1.807, 2.05) is 20.8 Å². The third-order valence-electron chi connectivity index (χ3n) is 3.28. The third kappa shape index (κ3) is 5.05. The van der Waals surface area contributed by atoms with Crippen molar-refractivity contribution in [3.05, 3.63) is 29.6 Å². The molecule has 6 heteroatoms. The van der Waals surface area contributed by atoms with Gasteiger partial charge in [0.05, 0.1) is 0 Å². The Labute approximate surface area is 127 Å². The third-order valence-corrected chi connectivity index (χ3v) is 5.18. The molecule has 0 saturated heterocycles. The molecule has 0 saturated carbocycles. The van der Waals surface area contributed by atoms with Crippen molar-refractivity contribution >= 4 is 10.0 Å². The van der Waals surface area contributed by atoms with E-state index in [1.165, 1.54) is 23.5 Å². The van der Waals surface area contributed by atoms with Crippen molar-refractivity contribution in [1.29, 1.82) is 0 Å². The first-order valence-corrected chi connectivity index (χ1v) is 8.68. The summed E-state index contributed by atoms with van der Waals surface area (Å²) in [5.41, 5.74) is 0.734. The topological polar surface area (TPSA) is 49.4 Å². The van der Waals surface area contributed by atoms with Gasteiger partial charge < -0.3 is 5.32 Å². The molecule has 0 heterocycles. The second kappa shape index (κ2) is 7.87. The van der Waals surface area contributed by atoms with Crippen LogP contribution in [0.5, 0.6) is 0 Å². The molecule has 21 heavy (non-hydrogen) atoms. The maximum atomic E-state index is 14.1. The fourth-order valence-electron chi connectivity index (χ4n) is 1.86. The molecule has 0 aliphatic carbocycles. The molecule has 0 atom stereocenters. The van der Waals surface area contributed by atoms with Gasteiger partial charge in [-0.3, -0.25) is 0 Å². The Balaban J connectivity index is 2.92. The zero-order chi connectivity index (χ0) is 16.0. The van der Waals surface area contributed by atoms with Crippen LogP contribution in [0.15, 0.2) is 23.1 Å². The summed E-state index contributed by atoms with van der Waals surface area (Å²) in [4.78, 5) is -0.256. The molecule has 120 valence electrons. The Hall–Kier alpha value is -0.980. The largest absolute Gasteiger partial charge is 0.313 e. The van der Waals surface area contributed by atoms with Gasteiger partial charge in [0, 0.05) is 20.1 Å². The maximum Gasteiger partial charge on any atom is 0.245 e. The second-order valence-corrected chi connectivity index (χ2v) is 7.57. The fourth-order valence-corrected chi connectivity index (χ4v) is 3.09. The van der Waals surface area contributed by atoms with Crippen molar-refractivity contribution in [2.75, 3.05) is 20.1 Å². The van der Waals surface area contributed by atoms with Crippen molar-refractivity contribution in [1.82, 2.24) is 9.62 Å². The molecule has 1 N–H and O–H groups in total. The lowest BCUT2D eigenvalue weighted by atomic mass is 10.1. The van der Waals surface area contributed by atoms with Crippen LogP contribution >= 0.6 is 0 Å². The van der Waals surface area contributed by atoms with Crippen molar-refractivity contribution in [2.45, 2.75) is 38.6 Å². The first kappa shape index (κ1) is 18.1. The van der Waals surface area contributed by atoms with E-state index in [-0.39, 0.29) is 4.90 Å². The maximum absolute atomic E-state index is 14.1. The van der Waals surface area contributed by atoms with Gasteiger partial charge >= 0.3 is 0 Å². The molecule has 1 aromatic carbocycles. The van der Waals surface area contributed by atoms with Gasteiger partial charge in [-0.25, -0.2) is 17.1 Å². The minimum Gasteiger partial charge on any atom is -0.313 e. The first-order valence-electron chi connectivity index (χ1n) is 7.24. The predicted molar refractivity (Wildman–Crippen MR) is 83.1 cm³/mol. The summed E-state index contributed by atoms with van der Waals surface area (Å²) in [5, 5.41) is 3.08. The van der Waals surface area contributed by atoms with Gasteiger partial charge in [0.25, 0.3) is 0 Å². The standard InChI is InChI=1S/C15H25FN2O2S/c1-5-17-11-13-6-7-15(14(16)10-13)21(19,20)18(4)9-8-12(2)3/h6-7,10,12,17H,5,8-9,11H2,1-4H3. The molecule has 0 bridgehead atoms. The number of hydrogen-bond acceptors (Lipinski definition) is 3. The van der Waals surface area contributed by atoms with Gasteiger partial charge in [-0.1, -0.05) is 26.8 Å². The molecule has 0 unspecified atom stereocenters. The van der Waals surface area contributed by atoms with Gasteiger partial charge in [-0.05, 0) is 36.6 Å². The number of benzene rings is 1. The Kier molecular flexibility index (Phi) is 6.77. The lowest BCUT2D eigenvalue weighted by Crippen LogP contribution is -2.29. The smallest absolute Gasteiger partial charge is 0.245 e. The van der Waals surface area contributed by atoms with Crippen LogP contribution in [-0.4, -0.2) is 32.9 Å². The first-order chi connectivity index (χ1) is 9.78. The molecule has 4 nitrogen and oxygen atoms in total. The van der Waals surface area contributed by atoms with Crippen molar-refractivity contribution in [3.8, 4) is 0 Å². The van der Waals surface area contributed by atoms with Crippen LogP contribution in [0.1, 0.15) is 32.8 Å².